The first-order chi connectivity index (χ1) is 6.29. The Morgan fingerprint density at radius 1 is 1.54 bits per heavy atom. The summed E-state index contributed by atoms with van der Waals surface area (Å²) in [6, 6.07) is 1.97. The van der Waals surface area contributed by atoms with Crippen LogP contribution in [0, 0.1) is 0 Å². The van der Waals surface area contributed by atoms with Crippen molar-refractivity contribution in [3.05, 3.63) is 26.9 Å². The minimum Gasteiger partial charge on any atom is -0.312 e. The molecule has 0 saturated heterocycles. The molecular weight excluding hydrogens is 202 g/mol. The maximum Gasteiger partial charge on any atom is 0.0589 e. The molecule has 3 heteroatoms. The molecule has 0 aliphatic carbocycles. The van der Waals surface area contributed by atoms with Gasteiger partial charge in [0.15, 0.2) is 0 Å². The summed E-state index contributed by atoms with van der Waals surface area (Å²) >= 11 is 7.82. The third-order valence-corrected chi connectivity index (χ3v) is 3.79. The van der Waals surface area contributed by atoms with Gasteiger partial charge >= 0.3 is 0 Å². The zero-order chi connectivity index (χ0) is 9.26. The van der Waals surface area contributed by atoms with Crippen LogP contribution in [-0.2, 0) is 0 Å². The van der Waals surface area contributed by atoms with E-state index in [4.69, 9.17) is 11.6 Å². The van der Waals surface area contributed by atoms with E-state index in [1.807, 2.05) is 11.4 Å². The number of rotatable bonds is 1. The summed E-state index contributed by atoms with van der Waals surface area (Å²) in [5.74, 6) is 0. The molecule has 1 aliphatic heterocycles. The predicted molar refractivity (Wildman–Crippen MR) is 59.4 cm³/mol. The molecule has 0 amide bonds. The van der Waals surface area contributed by atoms with Gasteiger partial charge in [0, 0.05) is 6.54 Å². The molecule has 0 bridgehead atoms. The van der Waals surface area contributed by atoms with Crippen molar-refractivity contribution in [1.82, 2.24) is 5.32 Å². The first kappa shape index (κ1) is 9.25. The lowest BCUT2D eigenvalue weighted by molar-refractivity contribution is 0.716. The molecule has 0 radical (unpaired) electrons. The van der Waals surface area contributed by atoms with Gasteiger partial charge in [-0.2, -0.15) is 0 Å². The zero-order valence-corrected chi connectivity index (χ0v) is 9.13. The average Bonchev–Trinajstić information content (AvgIpc) is 2.52. The number of hydrogen-bond donors (Lipinski definition) is 1. The van der Waals surface area contributed by atoms with Crippen LogP contribution >= 0.6 is 22.9 Å². The molecule has 13 heavy (non-hydrogen) atoms. The third-order valence-electron chi connectivity index (χ3n) is 2.38. The fraction of sp³-hybridized carbons (Fsp3) is 0.400. The zero-order valence-electron chi connectivity index (χ0n) is 7.56. The molecular formula is C10H12ClNS. The van der Waals surface area contributed by atoms with E-state index >= 15 is 0 Å². The van der Waals surface area contributed by atoms with E-state index in [9.17, 15) is 0 Å². The van der Waals surface area contributed by atoms with E-state index in [2.05, 4.69) is 12.2 Å². The van der Waals surface area contributed by atoms with E-state index in [-0.39, 0.29) is 0 Å². The van der Waals surface area contributed by atoms with Crippen molar-refractivity contribution in [2.24, 2.45) is 0 Å². The quantitative estimate of drug-likeness (QED) is 0.756. The maximum absolute atomic E-state index is 6.09. The Labute approximate surface area is 87.4 Å². The number of thiophene rings is 1. The van der Waals surface area contributed by atoms with Crippen LogP contribution in [0.1, 0.15) is 18.2 Å². The van der Waals surface area contributed by atoms with Gasteiger partial charge in [0.1, 0.15) is 0 Å². The lowest BCUT2D eigenvalue weighted by Crippen LogP contribution is -2.23. The molecule has 0 spiro atoms. The van der Waals surface area contributed by atoms with Crippen LogP contribution in [0.3, 0.4) is 0 Å². The summed E-state index contributed by atoms with van der Waals surface area (Å²) in [4.78, 5) is 1.24. The second-order valence-electron chi connectivity index (χ2n) is 3.28. The third kappa shape index (κ3) is 1.80. The minimum absolute atomic E-state index is 0.892. The summed E-state index contributed by atoms with van der Waals surface area (Å²) in [5, 5.41) is 6.31. The monoisotopic (exact) mass is 213 g/mol. The molecule has 1 N–H and O–H groups in total. The highest BCUT2D eigenvalue weighted by Gasteiger charge is 2.13. The maximum atomic E-state index is 6.09. The van der Waals surface area contributed by atoms with E-state index in [1.54, 1.807) is 11.3 Å². The highest BCUT2D eigenvalue weighted by atomic mass is 35.5. The van der Waals surface area contributed by atoms with Crippen molar-refractivity contribution in [3.8, 4) is 0 Å². The van der Waals surface area contributed by atoms with Crippen molar-refractivity contribution in [3.63, 3.8) is 0 Å². The van der Waals surface area contributed by atoms with Crippen LogP contribution in [0.25, 0.3) is 5.57 Å². The highest BCUT2D eigenvalue weighted by Crippen LogP contribution is 2.32. The smallest absolute Gasteiger partial charge is 0.0589 e. The molecule has 1 nitrogen and oxygen atoms in total. The number of hydrogen-bond acceptors (Lipinski definition) is 2. The summed E-state index contributed by atoms with van der Waals surface area (Å²) < 4.78 is 0. The lowest BCUT2D eigenvalue weighted by atomic mass is 10.0. The summed E-state index contributed by atoms with van der Waals surface area (Å²) in [6.07, 6.45) is 1.14. The van der Waals surface area contributed by atoms with Gasteiger partial charge in [-0.25, -0.2) is 0 Å². The average molecular weight is 214 g/mol. The predicted octanol–water partition coefficient (Wildman–Crippen LogP) is 3.17. The van der Waals surface area contributed by atoms with Gasteiger partial charge in [0.05, 0.1) is 9.90 Å². The van der Waals surface area contributed by atoms with Crippen molar-refractivity contribution in [1.29, 1.82) is 0 Å². The fourth-order valence-electron chi connectivity index (χ4n) is 1.57. The molecule has 1 aromatic rings. The molecule has 2 heterocycles. The highest BCUT2D eigenvalue weighted by molar-refractivity contribution is 7.11. The summed E-state index contributed by atoms with van der Waals surface area (Å²) in [6.45, 7) is 4.26. The molecule has 70 valence electrons. The molecule has 0 fully saturated rings. The largest absolute Gasteiger partial charge is 0.312 e. The molecule has 1 aliphatic rings. The van der Waals surface area contributed by atoms with Crippen molar-refractivity contribution >= 4 is 28.5 Å². The first-order valence-electron chi connectivity index (χ1n) is 4.42. The normalized spacial score (nSPS) is 18.0. The van der Waals surface area contributed by atoms with Crippen LogP contribution < -0.4 is 5.32 Å². The van der Waals surface area contributed by atoms with Gasteiger partial charge in [-0.1, -0.05) is 17.2 Å². The van der Waals surface area contributed by atoms with E-state index in [0.29, 0.717) is 0 Å². The minimum atomic E-state index is 0.892. The van der Waals surface area contributed by atoms with Crippen molar-refractivity contribution < 1.29 is 0 Å². The number of halogens is 1. The standard InChI is InChI=1S/C10H12ClNS/c1-7-2-4-12-6-8(7)10-9(11)3-5-13-10/h3,5,12H,2,4,6H2,1H3. The molecule has 0 atom stereocenters. The van der Waals surface area contributed by atoms with Crippen LogP contribution in [0.2, 0.25) is 5.02 Å². The SMILES string of the molecule is CC1=C(c2sccc2Cl)CNCC1. The van der Waals surface area contributed by atoms with Gasteiger partial charge < -0.3 is 5.32 Å². The van der Waals surface area contributed by atoms with Gasteiger partial charge in [-0.05, 0) is 36.9 Å². The molecule has 2 rings (SSSR count). The Kier molecular flexibility index (Phi) is 2.72. The number of nitrogens with one attached hydrogen (secondary N) is 1. The lowest BCUT2D eigenvalue weighted by Gasteiger charge is -2.18. The van der Waals surface area contributed by atoms with Gasteiger partial charge in [-0.15, -0.1) is 11.3 Å². The van der Waals surface area contributed by atoms with Crippen LogP contribution in [0.5, 0.6) is 0 Å². The molecule has 0 aromatic carbocycles. The molecule has 0 unspecified atom stereocenters. The second-order valence-corrected chi connectivity index (χ2v) is 4.61. The first-order valence-corrected chi connectivity index (χ1v) is 5.67. The van der Waals surface area contributed by atoms with Crippen molar-refractivity contribution in [2.75, 3.05) is 13.1 Å². The summed E-state index contributed by atoms with van der Waals surface area (Å²) in [7, 11) is 0. The molecule has 0 saturated carbocycles. The van der Waals surface area contributed by atoms with Crippen molar-refractivity contribution in [2.45, 2.75) is 13.3 Å². The Bertz CT molecular complexity index is 340. The van der Waals surface area contributed by atoms with Crippen LogP contribution in [-0.4, -0.2) is 13.1 Å². The Hall–Kier alpha value is -0.310. The second kappa shape index (κ2) is 3.82. The van der Waals surface area contributed by atoms with Crippen LogP contribution in [0.4, 0.5) is 0 Å². The van der Waals surface area contributed by atoms with Crippen LogP contribution in [0.15, 0.2) is 17.0 Å². The van der Waals surface area contributed by atoms with Gasteiger partial charge in [0.25, 0.3) is 0 Å². The molecule has 1 aromatic heterocycles. The summed E-state index contributed by atoms with van der Waals surface area (Å²) in [5.41, 5.74) is 2.87. The topological polar surface area (TPSA) is 12.0 Å². The van der Waals surface area contributed by atoms with E-state index in [1.165, 1.54) is 16.0 Å². The van der Waals surface area contributed by atoms with E-state index < -0.39 is 0 Å². The van der Waals surface area contributed by atoms with E-state index in [0.717, 1.165) is 24.5 Å². The van der Waals surface area contributed by atoms with Gasteiger partial charge in [0.2, 0.25) is 0 Å². The Morgan fingerprint density at radius 2 is 2.38 bits per heavy atom. The van der Waals surface area contributed by atoms with Gasteiger partial charge in [-0.3, -0.25) is 0 Å². The fourth-order valence-corrected chi connectivity index (χ4v) is 2.87. The Balaban J connectivity index is 2.40. The Morgan fingerprint density at radius 3 is 3.00 bits per heavy atom.